The van der Waals surface area contributed by atoms with E-state index in [4.69, 9.17) is 4.42 Å². The molecule has 0 fully saturated rings. The van der Waals surface area contributed by atoms with Gasteiger partial charge < -0.3 is 9.52 Å². The third kappa shape index (κ3) is 2.61. The highest BCUT2D eigenvalue weighted by Gasteiger charge is 2.38. The van der Waals surface area contributed by atoms with Crippen LogP contribution in [0.4, 0.5) is 0 Å². The van der Waals surface area contributed by atoms with Gasteiger partial charge in [-0.05, 0) is 30.2 Å². The van der Waals surface area contributed by atoms with Gasteiger partial charge in [0.15, 0.2) is 5.60 Å². The second-order valence-electron chi connectivity index (χ2n) is 6.27. The van der Waals surface area contributed by atoms with Gasteiger partial charge in [0.2, 0.25) is 5.89 Å². The fraction of sp³-hybridized carbons (Fsp3) is 0.0909. The zero-order valence-electron chi connectivity index (χ0n) is 14.2. The normalized spacial score (nSPS) is 11.6. The lowest BCUT2D eigenvalue weighted by Crippen LogP contribution is -2.31. The molecule has 0 amide bonds. The van der Waals surface area contributed by atoms with Gasteiger partial charge in [-0.1, -0.05) is 72.3 Å². The topological polar surface area (TPSA) is 63.3 Å². The standard InChI is InChI=1S/C22H17NO3/c1-15-12-13-19-18(14-15)20(24)26-21(23-19)22(25,16-8-4-2-5-9-16)17-10-6-3-7-11-17/h2-14,25H,1H3. The minimum atomic E-state index is -1.67. The van der Waals surface area contributed by atoms with Gasteiger partial charge in [-0.3, -0.25) is 0 Å². The van der Waals surface area contributed by atoms with Crippen molar-refractivity contribution in [1.82, 2.24) is 4.98 Å². The molecular weight excluding hydrogens is 326 g/mol. The van der Waals surface area contributed by atoms with Crippen molar-refractivity contribution in [1.29, 1.82) is 0 Å². The van der Waals surface area contributed by atoms with Gasteiger partial charge >= 0.3 is 5.63 Å². The average molecular weight is 343 g/mol. The molecule has 4 rings (SSSR count). The molecular formula is C22H17NO3. The van der Waals surface area contributed by atoms with Gasteiger partial charge in [-0.2, -0.15) is 0 Å². The third-order valence-electron chi connectivity index (χ3n) is 4.48. The molecule has 128 valence electrons. The molecule has 4 heteroatoms. The molecule has 4 aromatic rings. The molecule has 26 heavy (non-hydrogen) atoms. The molecule has 0 bridgehead atoms. The minimum absolute atomic E-state index is 0.0451. The molecule has 0 unspecified atom stereocenters. The molecule has 3 aromatic carbocycles. The van der Waals surface area contributed by atoms with Crippen LogP contribution in [0.1, 0.15) is 22.6 Å². The number of aryl methyl sites for hydroxylation is 1. The lowest BCUT2D eigenvalue weighted by Gasteiger charge is -2.27. The summed E-state index contributed by atoms with van der Waals surface area (Å²) in [5.41, 5.74) is 0.411. The highest BCUT2D eigenvalue weighted by atomic mass is 16.4. The minimum Gasteiger partial charge on any atom is -0.404 e. The number of benzene rings is 3. The predicted molar refractivity (Wildman–Crippen MR) is 100 cm³/mol. The Bertz CT molecular complexity index is 1080. The molecule has 0 saturated heterocycles. The van der Waals surface area contributed by atoms with Crippen LogP contribution in [0.25, 0.3) is 10.9 Å². The van der Waals surface area contributed by atoms with Crippen LogP contribution in [0, 0.1) is 6.92 Å². The highest BCUT2D eigenvalue weighted by molar-refractivity contribution is 5.77. The number of hydrogen-bond donors (Lipinski definition) is 1. The molecule has 1 aromatic heterocycles. The summed E-state index contributed by atoms with van der Waals surface area (Å²) in [5, 5.41) is 12.1. The Morgan fingerprint density at radius 2 is 1.46 bits per heavy atom. The number of aliphatic hydroxyl groups is 1. The van der Waals surface area contributed by atoms with E-state index in [2.05, 4.69) is 4.98 Å². The quantitative estimate of drug-likeness (QED) is 0.615. The summed E-state index contributed by atoms with van der Waals surface area (Å²) in [4.78, 5) is 17.0. The summed E-state index contributed by atoms with van der Waals surface area (Å²) in [6.45, 7) is 1.90. The second kappa shape index (κ2) is 6.24. The smallest absolute Gasteiger partial charge is 0.346 e. The molecule has 1 heterocycles. The Morgan fingerprint density at radius 3 is 2.04 bits per heavy atom. The second-order valence-corrected chi connectivity index (χ2v) is 6.27. The summed E-state index contributed by atoms with van der Waals surface area (Å²) in [5.74, 6) is -0.0451. The number of fused-ring (bicyclic) bond motifs is 1. The Hall–Kier alpha value is -3.24. The summed E-state index contributed by atoms with van der Waals surface area (Å²) in [6.07, 6.45) is 0. The lowest BCUT2D eigenvalue weighted by atomic mass is 9.86. The van der Waals surface area contributed by atoms with E-state index in [1.165, 1.54) is 0 Å². The van der Waals surface area contributed by atoms with Crippen molar-refractivity contribution < 1.29 is 9.52 Å². The van der Waals surface area contributed by atoms with Crippen LogP contribution in [0.15, 0.2) is 88.1 Å². The predicted octanol–water partition coefficient (Wildman–Crippen LogP) is 3.78. The SMILES string of the molecule is Cc1ccc2nc(C(O)(c3ccccc3)c3ccccc3)oc(=O)c2c1. The summed E-state index contributed by atoms with van der Waals surface area (Å²) in [6, 6.07) is 23.6. The Kier molecular flexibility index (Phi) is 3.90. The van der Waals surface area contributed by atoms with E-state index < -0.39 is 11.2 Å². The van der Waals surface area contributed by atoms with Crippen LogP contribution in [0.5, 0.6) is 0 Å². The van der Waals surface area contributed by atoms with E-state index in [0.717, 1.165) is 5.56 Å². The van der Waals surface area contributed by atoms with Crippen molar-refractivity contribution in [3.05, 3.63) is 112 Å². The van der Waals surface area contributed by atoms with Crippen LogP contribution in [0.3, 0.4) is 0 Å². The van der Waals surface area contributed by atoms with Gasteiger partial charge in [0, 0.05) is 0 Å². The van der Waals surface area contributed by atoms with E-state index in [1.54, 1.807) is 36.4 Å². The Morgan fingerprint density at radius 1 is 0.885 bits per heavy atom. The van der Waals surface area contributed by atoms with E-state index >= 15 is 0 Å². The van der Waals surface area contributed by atoms with Crippen LogP contribution in [0.2, 0.25) is 0 Å². The molecule has 0 radical (unpaired) electrons. The van der Waals surface area contributed by atoms with E-state index in [-0.39, 0.29) is 5.89 Å². The number of hydrogen-bond acceptors (Lipinski definition) is 4. The van der Waals surface area contributed by atoms with Gasteiger partial charge in [-0.15, -0.1) is 0 Å². The number of rotatable bonds is 3. The first-order valence-corrected chi connectivity index (χ1v) is 8.34. The largest absolute Gasteiger partial charge is 0.404 e. The average Bonchev–Trinajstić information content (AvgIpc) is 2.69. The number of nitrogens with zero attached hydrogens (tertiary/aromatic N) is 1. The van der Waals surface area contributed by atoms with Crippen LogP contribution < -0.4 is 5.63 Å². The van der Waals surface area contributed by atoms with Crippen molar-refractivity contribution in [2.45, 2.75) is 12.5 Å². The molecule has 1 N–H and O–H groups in total. The van der Waals surface area contributed by atoms with Crippen molar-refractivity contribution in [3.63, 3.8) is 0 Å². The van der Waals surface area contributed by atoms with Crippen LogP contribution in [-0.4, -0.2) is 10.1 Å². The van der Waals surface area contributed by atoms with Crippen LogP contribution >= 0.6 is 0 Å². The van der Waals surface area contributed by atoms with Gasteiger partial charge in [-0.25, -0.2) is 9.78 Å². The fourth-order valence-corrected chi connectivity index (χ4v) is 3.11. The monoisotopic (exact) mass is 343 g/mol. The maximum Gasteiger partial charge on any atom is 0.346 e. The van der Waals surface area contributed by atoms with E-state index in [9.17, 15) is 9.90 Å². The van der Waals surface area contributed by atoms with Gasteiger partial charge in [0.25, 0.3) is 0 Å². The molecule has 4 nitrogen and oxygen atoms in total. The number of aromatic nitrogens is 1. The summed E-state index contributed by atoms with van der Waals surface area (Å²) < 4.78 is 5.50. The summed E-state index contributed by atoms with van der Waals surface area (Å²) in [7, 11) is 0. The molecule has 0 spiro atoms. The van der Waals surface area contributed by atoms with Crippen LogP contribution in [-0.2, 0) is 5.60 Å². The lowest BCUT2D eigenvalue weighted by molar-refractivity contribution is 0.0882. The van der Waals surface area contributed by atoms with Gasteiger partial charge in [0.1, 0.15) is 0 Å². The molecule has 0 atom stereocenters. The van der Waals surface area contributed by atoms with Crippen molar-refractivity contribution in [3.8, 4) is 0 Å². The fourth-order valence-electron chi connectivity index (χ4n) is 3.11. The highest BCUT2D eigenvalue weighted by Crippen LogP contribution is 2.35. The molecule has 0 aliphatic heterocycles. The first-order chi connectivity index (χ1) is 12.6. The van der Waals surface area contributed by atoms with Crippen molar-refractivity contribution in [2.75, 3.05) is 0 Å². The molecule has 0 saturated carbocycles. The first kappa shape index (κ1) is 16.2. The Labute approximate surface area is 150 Å². The Balaban J connectivity index is 2.03. The molecule has 0 aliphatic rings. The maximum atomic E-state index is 12.5. The van der Waals surface area contributed by atoms with Gasteiger partial charge in [0.05, 0.1) is 10.9 Å². The molecule has 0 aliphatic carbocycles. The zero-order chi connectivity index (χ0) is 18.1. The zero-order valence-corrected chi connectivity index (χ0v) is 14.2. The third-order valence-corrected chi connectivity index (χ3v) is 4.48. The van der Waals surface area contributed by atoms with E-state index in [0.29, 0.717) is 22.0 Å². The first-order valence-electron chi connectivity index (χ1n) is 8.34. The summed E-state index contributed by atoms with van der Waals surface area (Å²) >= 11 is 0. The van der Waals surface area contributed by atoms with Crippen molar-refractivity contribution >= 4 is 10.9 Å². The maximum absolute atomic E-state index is 12.5. The van der Waals surface area contributed by atoms with E-state index in [1.807, 2.05) is 49.4 Å². The van der Waals surface area contributed by atoms with Crippen molar-refractivity contribution in [2.24, 2.45) is 0 Å².